The Hall–Kier alpha value is -1.68. The van der Waals surface area contributed by atoms with Crippen LogP contribution in [0.3, 0.4) is 0 Å². The van der Waals surface area contributed by atoms with E-state index in [1.54, 1.807) is 6.07 Å². The number of aromatic amines is 1. The Morgan fingerprint density at radius 1 is 1.24 bits per heavy atom. The van der Waals surface area contributed by atoms with Gasteiger partial charge in [-0.3, -0.25) is 5.10 Å². The molecule has 0 amide bonds. The molecule has 2 aromatic rings. The van der Waals surface area contributed by atoms with Gasteiger partial charge in [-0.05, 0) is 37.5 Å². The lowest BCUT2D eigenvalue weighted by Gasteiger charge is -2.14. The van der Waals surface area contributed by atoms with E-state index in [0.717, 1.165) is 27.9 Å². The monoisotopic (exact) mass is 251 g/mol. The molecule has 1 heterocycles. The van der Waals surface area contributed by atoms with Crippen molar-refractivity contribution < 1.29 is 5.11 Å². The highest BCUT2D eigenvalue weighted by Crippen LogP contribution is 2.40. The molecule has 5 heteroatoms. The molecule has 0 aliphatic rings. The van der Waals surface area contributed by atoms with E-state index in [0.29, 0.717) is 10.8 Å². The molecule has 4 nitrogen and oxygen atoms in total. The number of hydrogen-bond donors (Lipinski definition) is 3. The largest absolute Gasteiger partial charge is 0.506 e. The molecule has 0 saturated heterocycles. The summed E-state index contributed by atoms with van der Waals surface area (Å²) in [6.07, 6.45) is 0. The first kappa shape index (κ1) is 11.8. The second-order valence-corrected chi connectivity index (χ2v) is 4.50. The maximum Gasteiger partial charge on any atom is 0.145 e. The molecule has 0 atom stereocenters. The number of phenols is 1. The lowest BCUT2D eigenvalue weighted by molar-refractivity contribution is 0.470. The van der Waals surface area contributed by atoms with Crippen LogP contribution in [0.1, 0.15) is 16.7 Å². The second-order valence-electron chi connectivity index (χ2n) is 4.12. The fraction of sp³-hybridized carbons (Fsp3) is 0.250. The SMILES string of the molecule is Cc1c(C)c(-c2cc(N)n[nH]2)c(C)c(Cl)c1O. The van der Waals surface area contributed by atoms with Gasteiger partial charge >= 0.3 is 0 Å². The number of rotatable bonds is 1. The highest BCUT2D eigenvalue weighted by molar-refractivity contribution is 6.33. The van der Waals surface area contributed by atoms with Crippen LogP contribution in [0.25, 0.3) is 11.3 Å². The van der Waals surface area contributed by atoms with E-state index >= 15 is 0 Å². The van der Waals surface area contributed by atoms with Gasteiger partial charge < -0.3 is 10.8 Å². The molecule has 0 spiro atoms. The maximum absolute atomic E-state index is 9.86. The predicted octanol–water partition coefficient (Wildman–Crippen LogP) is 2.94. The second kappa shape index (κ2) is 3.96. The third-order valence-corrected chi connectivity index (χ3v) is 3.53. The zero-order valence-corrected chi connectivity index (χ0v) is 10.7. The van der Waals surface area contributed by atoms with Crippen LogP contribution in [0.15, 0.2) is 6.07 Å². The van der Waals surface area contributed by atoms with E-state index < -0.39 is 0 Å². The summed E-state index contributed by atoms with van der Waals surface area (Å²) in [6.45, 7) is 5.63. The van der Waals surface area contributed by atoms with Gasteiger partial charge in [-0.25, -0.2) is 0 Å². The number of nitrogens with two attached hydrogens (primary N) is 1. The number of aromatic hydroxyl groups is 1. The summed E-state index contributed by atoms with van der Waals surface area (Å²) in [6, 6.07) is 1.75. The number of aromatic nitrogens is 2. The number of nitrogens with one attached hydrogen (secondary N) is 1. The van der Waals surface area contributed by atoms with E-state index in [9.17, 15) is 5.11 Å². The highest BCUT2D eigenvalue weighted by Gasteiger charge is 2.17. The number of nitrogen functional groups attached to an aromatic ring is 1. The molecular formula is C12H14ClN3O. The van der Waals surface area contributed by atoms with Crippen LogP contribution >= 0.6 is 11.6 Å². The van der Waals surface area contributed by atoms with Crippen LogP contribution < -0.4 is 5.73 Å². The summed E-state index contributed by atoms with van der Waals surface area (Å²) >= 11 is 6.10. The number of H-pyrrole nitrogens is 1. The molecule has 0 bridgehead atoms. The normalized spacial score (nSPS) is 10.8. The van der Waals surface area contributed by atoms with Crippen molar-refractivity contribution in [1.29, 1.82) is 0 Å². The fourth-order valence-corrected chi connectivity index (χ4v) is 2.20. The first-order chi connectivity index (χ1) is 7.93. The standard InChI is InChI=1S/C12H14ClN3O/c1-5-6(2)12(17)11(13)7(3)10(5)8-4-9(14)16-15-8/h4,17H,1-3H3,(H3,14,15,16). The van der Waals surface area contributed by atoms with Crippen molar-refractivity contribution in [3.05, 3.63) is 27.8 Å². The van der Waals surface area contributed by atoms with Crippen molar-refractivity contribution >= 4 is 17.4 Å². The molecule has 0 radical (unpaired) electrons. The highest BCUT2D eigenvalue weighted by atomic mass is 35.5. The molecule has 17 heavy (non-hydrogen) atoms. The molecule has 0 saturated carbocycles. The third-order valence-electron chi connectivity index (χ3n) is 3.07. The van der Waals surface area contributed by atoms with Crippen LogP contribution in [0.5, 0.6) is 5.75 Å². The molecule has 1 aromatic heterocycles. The van der Waals surface area contributed by atoms with Crippen LogP contribution in [0, 0.1) is 20.8 Å². The first-order valence-electron chi connectivity index (χ1n) is 5.23. The molecule has 4 N–H and O–H groups in total. The Kier molecular flexibility index (Phi) is 2.75. The number of halogens is 1. The van der Waals surface area contributed by atoms with Crippen molar-refractivity contribution in [1.82, 2.24) is 10.2 Å². The van der Waals surface area contributed by atoms with E-state index in [-0.39, 0.29) is 5.75 Å². The lowest BCUT2D eigenvalue weighted by Crippen LogP contribution is -1.94. The third kappa shape index (κ3) is 1.74. The summed E-state index contributed by atoms with van der Waals surface area (Å²) < 4.78 is 0. The molecule has 1 aromatic carbocycles. The van der Waals surface area contributed by atoms with Crippen molar-refractivity contribution in [2.75, 3.05) is 5.73 Å². The molecule has 0 aliphatic heterocycles. The minimum absolute atomic E-state index is 0.137. The summed E-state index contributed by atoms with van der Waals surface area (Å²) in [5.74, 6) is 0.568. The van der Waals surface area contributed by atoms with Crippen LogP contribution in [-0.4, -0.2) is 15.3 Å². The zero-order valence-electron chi connectivity index (χ0n) is 9.93. The van der Waals surface area contributed by atoms with Crippen molar-refractivity contribution in [2.24, 2.45) is 0 Å². The first-order valence-corrected chi connectivity index (χ1v) is 5.60. The molecule has 0 fully saturated rings. The Morgan fingerprint density at radius 3 is 2.41 bits per heavy atom. The lowest BCUT2D eigenvalue weighted by atomic mass is 9.95. The van der Waals surface area contributed by atoms with E-state index in [2.05, 4.69) is 10.2 Å². The van der Waals surface area contributed by atoms with Crippen LogP contribution in [0.2, 0.25) is 5.02 Å². The quantitative estimate of drug-likeness (QED) is 0.729. The van der Waals surface area contributed by atoms with Gasteiger partial charge in [0.25, 0.3) is 0 Å². The van der Waals surface area contributed by atoms with Crippen molar-refractivity contribution in [3.8, 4) is 17.0 Å². The zero-order chi connectivity index (χ0) is 12.7. The summed E-state index contributed by atoms with van der Waals surface area (Å²) in [7, 11) is 0. The Balaban J connectivity index is 2.78. The number of nitrogens with zero attached hydrogens (tertiary/aromatic N) is 1. The number of hydrogen-bond acceptors (Lipinski definition) is 3. The molecule has 0 unspecified atom stereocenters. The van der Waals surface area contributed by atoms with Gasteiger partial charge in [0.2, 0.25) is 0 Å². The Bertz CT molecular complexity index is 561. The summed E-state index contributed by atoms with van der Waals surface area (Å²) in [5, 5.41) is 17.0. The minimum Gasteiger partial charge on any atom is -0.506 e. The summed E-state index contributed by atoms with van der Waals surface area (Å²) in [4.78, 5) is 0. The smallest absolute Gasteiger partial charge is 0.145 e. The van der Waals surface area contributed by atoms with Gasteiger partial charge in [-0.1, -0.05) is 11.6 Å². The number of anilines is 1. The molecular weight excluding hydrogens is 238 g/mol. The fourth-order valence-electron chi connectivity index (χ4n) is 1.97. The molecule has 2 rings (SSSR count). The van der Waals surface area contributed by atoms with E-state index in [1.165, 1.54) is 0 Å². The van der Waals surface area contributed by atoms with Gasteiger partial charge in [-0.15, -0.1) is 0 Å². The van der Waals surface area contributed by atoms with Gasteiger partial charge in [-0.2, -0.15) is 5.10 Å². The Morgan fingerprint density at radius 2 is 1.88 bits per heavy atom. The van der Waals surface area contributed by atoms with Crippen molar-refractivity contribution in [3.63, 3.8) is 0 Å². The van der Waals surface area contributed by atoms with E-state index in [4.69, 9.17) is 17.3 Å². The van der Waals surface area contributed by atoms with Gasteiger partial charge in [0, 0.05) is 11.6 Å². The molecule has 0 aliphatic carbocycles. The average molecular weight is 252 g/mol. The Labute approximate surface area is 104 Å². The van der Waals surface area contributed by atoms with Gasteiger partial charge in [0.15, 0.2) is 0 Å². The minimum atomic E-state index is 0.137. The van der Waals surface area contributed by atoms with Crippen LogP contribution in [0.4, 0.5) is 5.82 Å². The summed E-state index contributed by atoms with van der Waals surface area (Å²) in [5.41, 5.74) is 9.89. The topological polar surface area (TPSA) is 74.9 Å². The molecule has 90 valence electrons. The van der Waals surface area contributed by atoms with E-state index in [1.807, 2.05) is 20.8 Å². The number of benzene rings is 1. The van der Waals surface area contributed by atoms with Crippen LogP contribution in [-0.2, 0) is 0 Å². The number of phenolic OH excluding ortho intramolecular Hbond substituents is 1. The van der Waals surface area contributed by atoms with Gasteiger partial charge in [0.1, 0.15) is 11.6 Å². The predicted molar refractivity (Wildman–Crippen MR) is 69.3 cm³/mol. The average Bonchev–Trinajstić information content (AvgIpc) is 2.71. The van der Waals surface area contributed by atoms with Crippen molar-refractivity contribution in [2.45, 2.75) is 20.8 Å². The van der Waals surface area contributed by atoms with Gasteiger partial charge in [0.05, 0.1) is 10.7 Å². The maximum atomic E-state index is 9.86.